The third kappa shape index (κ3) is 3.55. The summed E-state index contributed by atoms with van der Waals surface area (Å²) >= 11 is 5.79. The van der Waals surface area contributed by atoms with E-state index in [-0.39, 0.29) is 17.5 Å². The number of anilines is 2. The van der Waals surface area contributed by atoms with E-state index in [1.165, 1.54) is 0 Å². The molecule has 1 heterocycles. The number of nitrogens with one attached hydrogen (secondary N) is 1. The Morgan fingerprint density at radius 3 is 2.70 bits per heavy atom. The fourth-order valence-electron chi connectivity index (χ4n) is 1.63. The van der Waals surface area contributed by atoms with E-state index in [9.17, 15) is 10.1 Å². The molecule has 0 spiro atoms. The van der Waals surface area contributed by atoms with Gasteiger partial charge in [-0.1, -0.05) is 23.7 Å². The Morgan fingerprint density at radius 1 is 1.35 bits per heavy atom. The molecule has 0 unspecified atom stereocenters. The van der Waals surface area contributed by atoms with Crippen molar-refractivity contribution in [3.05, 3.63) is 51.2 Å². The van der Waals surface area contributed by atoms with Gasteiger partial charge < -0.3 is 11.1 Å². The van der Waals surface area contributed by atoms with Gasteiger partial charge in [-0.25, -0.2) is 4.98 Å². The van der Waals surface area contributed by atoms with Crippen LogP contribution in [-0.4, -0.2) is 21.4 Å². The van der Waals surface area contributed by atoms with Gasteiger partial charge in [-0.2, -0.15) is 4.98 Å². The minimum Gasteiger partial charge on any atom is -0.368 e. The van der Waals surface area contributed by atoms with Crippen LogP contribution in [-0.2, 0) is 6.42 Å². The van der Waals surface area contributed by atoms with Gasteiger partial charge in [-0.3, -0.25) is 10.1 Å². The summed E-state index contributed by atoms with van der Waals surface area (Å²) in [5.41, 5.74) is 6.29. The Balaban J connectivity index is 2.02. The first-order valence-corrected chi connectivity index (χ1v) is 6.19. The van der Waals surface area contributed by atoms with E-state index in [0.717, 1.165) is 11.8 Å². The topological polar surface area (TPSA) is 107 Å². The van der Waals surface area contributed by atoms with Crippen molar-refractivity contribution in [1.29, 1.82) is 0 Å². The average molecular weight is 294 g/mol. The van der Waals surface area contributed by atoms with Crippen LogP contribution in [0.2, 0.25) is 5.02 Å². The molecular weight excluding hydrogens is 282 g/mol. The number of nitrogens with two attached hydrogens (primary N) is 1. The molecule has 7 nitrogen and oxygen atoms in total. The number of nitrogen functional groups attached to an aromatic ring is 1. The molecular formula is C12H12ClN5O2. The fraction of sp³-hybridized carbons (Fsp3) is 0.167. The average Bonchev–Trinajstić information content (AvgIpc) is 2.41. The van der Waals surface area contributed by atoms with Gasteiger partial charge >= 0.3 is 5.69 Å². The molecule has 1 aromatic heterocycles. The normalized spacial score (nSPS) is 10.2. The van der Waals surface area contributed by atoms with Crippen LogP contribution in [0.25, 0.3) is 0 Å². The molecule has 0 aliphatic carbocycles. The van der Waals surface area contributed by atoms with Crippen LogP contribution in [0.1, 0.15) is 5.56 Å². The first kappa shape index (κ1) is 14.0. The van der Waals surface area contributed by atoms with Gasteiger partial charge in [0.25, 0.3) is 0 Å². The van der Waals surface area contributed by atoms with E-state index in [1.807, 2.05) is 12.1 Å². The zero-order valence-corrected chi connectivity index (χ0v) is 11.2. The number of benzene rings is 1. The molecule has 0 saturated heterocycles. The van der Waals surface area contributed by atoms with E-state index < -0.39 is 4.92 Å². The van der Waals surface area contributed by atoms with Crippen molar-refractivity contribution in [2.45, 2.75) is 6.42 Å². The van der Waals surface area contributed by atoms with Crippen LogP contribution in [0.5, 0.6) is 0 Å². The summed E-state index contributed by atoms with van der Waals surface area (Å²) in [5.74, 6) is 0.112. The lowest BCUT2D eigenvalue weighted by atomic mass is 10.1. The molecule has 0 fully saturated rings. The summed E-state index contributed by atoms with van der Waals surface area (Å²) in [5, 5.41) is 14.4. The predicted molar refractivity (Wildman–Crippen MR) is 76.7 cm³/mol. The smallest absolute Gasteiger partial charge is 0.329 e. The SMILES string of the molecule is Nc1ncc([N+](=O)[O-])c(NCCc2ccc(Cl)cc2)n1. The maximum Gasteiger partial charge on any atom is 0.329 e. The zero-order chi connectivity index (χ0) is 14.5. The predicted octanol–water partition coefficient (Wildman–Crippen LogP) is 2.28. The number of rotatable bonds is 5. The fourth-order valence-corrected chi connectivity index (χ4v) is 1.76. The van der Waals surface area contributed by atoms with Gasteiger partial charge in [0.15, 0.2) is 0 Å². The number of nitrogens with zero attached hydrogens (tertiary/aromatic N) is 3. The number of halogens is 1. The first-order chi connectivity index (χ1) is 9.56. The number of nitro groups is 1. The summed E-state index contributed by atoms with van der Waals surface area (Å²) in [6.45, 7) is 0.485. The van der Waals surface area contributed by atoms with Crippen molar-refractivity contribution in [3.63, 3.8) is 0 Å². The molecule has 2 aromatic rings. The third-order valence-electron chi connectivity index (χ3n) is 2.60. The quantitative estimate of drug-likeness (QED) is 0.647. The largest absolute Gasteiger partial charge is 0.368 e. The van der Waals surface area contributed by atoms with Gasteiger partial charge in [-0.05, 0) is 24.1 Å². The Bertz CT molecular complexity index is 618. The Hall–Kier alpha value is -2.41. The minimum atomic E-state index is -0.552. The van der Waals surface area contributed by atoms with Crippen molar-refractivity contribution in [2.75, 3.05) is 17.6 Å². The highest BCUT2D eigenvalue weighted by molar-refractivity contribution is 6.30. The molecule has 1 aromatic carbocycles. The highest BCUT2D eigenvalue weighted by Gasteiger charge is 2.15. The van der Waals surface area contributed by atoms with Gasteiger partial charge in [0.2, 0.25) is 11.8 Å². The molecule has 0 amide bonds. The van der Waals surface area contributed by atoms with Gasteiger partial charge in [-0.15, -0.1) is 0 Å². The number of aromatic nitrogens is 2. The molecule has 0 radical (unpaired) electrons. The van der Waals surface area contributed by atoms with Crippen molar-refractivity contribution < 1.29 is 4.92 Å². The maximum atomic E-state index is 10.8. The highest BCUT2D eigenvalue weighted by Crippen LogP contribution is 2.21. The van der Waals surface area contributed by atoms with E-state index in [0.29, 0.717) is 18.0 Å². The zero-order valence-electron chi connectivity index (χ0n) is 10.4. The number of hydrogen-bond donors (Lipinski definition) is 2. The minimum absolute atomic E-state index is 0.00964. The molecule has 3 N–H and O–H groups in total. The molecule has 0 aliphatic heterocycles. The molecule has 2 rings (SSSR count). The molecule has 0 saturated carbocycles. The maximum absolute atomic E-state index is 10.8. The van der Waals surface area contributed by atoms with Crippen LogP contribution in [0.15, 0.2) is 30.5 Å². The van der Waals surface area contributed by atoms with Crippen molar-refractivity contribution in [3.8, 4) is 0 Å². The lowest BCUT2D eigenvalue weighted by Gasteiger charge is -2.06. The van der Waals surface area contributed by atoms with Crippen LogP contribution in [0.4, 0.5) is 17.5 Å². The monoisotopic (exact) mass is 293 g/mol. The number of hydrogen-bond acceptors (Lipinski definition) is 6. The molecule has 104 valence electrons. The summed E-state index contributed by atoms with van der Waals surface area (Å²) < 4.78 is 0. The lowest BCUT2D eigenvalue weighted by Crippen LogP contribution is -2.10. The molecule has 0 aliphatic rings. The second-order valence-corrected chi connectivity index (χ2v) is 4.46. The Labute approximate surface area is 120 Å². The van der Waals surface area contributed by atoms with E-state index in [2.05, 4.69) is 15.3 Å². The lowest BCUT2D eigenvalue weighted by molar-refractivity contribution is -0.384. The van der Waals surface area contributed by atoms with Crippen LogP contribution >= 0.6 is 11.6 Å². The standard InChI is InChI=1S/C12H12ClN5O2/c13-9-3-1-8(2-4-9)5-6-15-11-10(18(19)20)7-16-12(14)17-11/h1-4,7H,5-6H2,(H3,14,15,16,17). The molecule has 8 heteroatoms. The Kier molecular flexibility index (Phi) is 4.31. The second-order valence-electron chi connectivity index (χ2n) is 4.02. The first-order valence-electron chi connectivity index (χ1n) is 5.81. The molecule has 0 bridgehead atoms. The van der Waals surface area contributed by atoms with Gasteiger partial charge in [0.05, 0.1) is 4.92 Å². The van der Waals surface area contributed by atoms with Crippen molar-refractivity contribution in [1.82, 2.24) is 9.97 Å². The third-order valence-corrected chi connectivity index (χ3v) is 2.86. The van der Waals surface area contributed by atoms with Gasteiger partial charge in [0.1, 0.15) is 6.20 Å². The highest BCUT2D eigenvalue weighted by atomic mass is 35.5. The summed E-state index contributed by atoms with van der Waals surface area (Å²) in [4.78, 5) is 17.7. The van der Waals surface area contributed by atoms with Crippen molar-refractivity contribution in [2.24, 2.45) is 0 Å². The summed E-state index contributed by atoms with van der Waals surface area (Å²) in [7, 11) is 0. The summed E-state index contributed by atoms with van der Waals surface area (Å²) in [6.07, 6.45) is 1.77. The Morgan fingerprint density at radius 2 is 2.05 bits per heavy atom. The van der Waals surface area contributed by atoms with Crippen molar-refractivity contribution >= 4 is 29.1 Å². The van der Waals surface area contributed by atoms with Crippen LogP contribution < -0.4 is 11.1 Å². The summed E-state index contributed by atoms with van der Waals surface area (Å²) in [6, 6.07) is 7.38. The molecule has 0 atom stereocenters. The van der Waals surface area contributed by atoms with E-state index >= 15 is 0 Å². The van der Waals surface area contributed by atoms with E-state index in [4.69, 9.17) is 17.3 Å². The van der Waals surface area contributed by atoms with E-state index in [1.54, 1.807) is 12.1 Å². The molecule has 20 heavy (non-hydrogen) atoms. The second kappa shape index (κ2) is 6.16. The van der Waals surface area contributed by atoms with Crippen LogP contribution in [0, 0.1) is 10.1 Å². The van der Waals surface area contributed by atoms with Gasteiger partial charge in [0, 0.05) is 11.6 Å². The van der Waals surface area contributed by atoms with Crippen LogP contribution in [0.3, 0.4) is 0 Å².